The highest BCUT2D eigenvalue weighted by atomic mass is 127. The van der Waals surface area contributed by atoms with Gasteiger partial charge in [0.2, 0.25) is 10.0 Å². The molecule has 8 nitrogen and oxygen atoms in total. The van der Waals surface area contributed by atoms with Gasteiger partial charge in [-0.25, -0.2) is 17.7 Å². The first-order valence-corrected chi connectivity index (χ1v) is 9.29. The largest absolute Gasteiger partial charge is 0.493 e. The number of nitrogens with zero attached hydrogens (tertiary/aromatic N) is 2. The zero-order valence-corrected chi connectivity index (χ0v) is 17.5. The summed E-state index contributed by atoms with van der Waals surface area (Å²) >= 11 is 0. The molecule has 0 amide bonds. The number of hydrogen-bond acceptors (Lipinski definition) is 5. The van der Waals surface area contributed by atoms with Crippen LogP contribution in [-0.2, 0) is 16.6 Å². The molecule has 0 atom stereocenters. The Morgan fingerprint density at radius 1 is 1.32 bits per heavy atom. The van der Waals surface area contributed by atoms with E-state index in [2.05, 4.69) is 10.3 Å². The fourth-order valence-electron chi connectivity index (χ4n) is 2.46. The molecule has 10 heteroatoms. The third-order valence-electron chi connectivity index (χ3n) is 3.75. The number of nitrogens with two attached hydrogens (primary N) is 1. The Hall–Kier alpha value is -1.27. The number of sulfonamides is 1. The van der Waals surface area contributed by atoms with Gasteiger partial charge in [0, 0.05) is 19.6 Å². The summed E-state index contributed by atoms with van der Waals surface area (Å²) in [7, 11) is 0.0904. The van der Waals surface area contributed by atoms with Crippen LogP contribution >= 0.6 is 24.0 Å². The van der Waals surface area contributed by atoms with E-state index < -0.39 is 10.0 Å². The van der Waals surface area contributed by atoms with Crippen LogP contribution in [0.3, 0.4) is 0 Å². The molecule has 2 rings (SSSR count). The first kappa shape index (κ1) is 21.8. The van der Waals surface area contributed by atoms with Crippen molar-refractivity contribution in [3.8, 4) is 11.5 Å². The van der Waals surface area contributed by atoms with Crippen molar-refractivity contribution in [2.24, 2.45) is 10.7 Å². The zero-order chi connectivity index (χ0) is 17.6. The number of benzene rings is 1. The van der Waals surface area contributed by atoms with E-state index in [-0.39, 0.29) is 35.7 Å². The summed E-state index contributed by atoms with van der Waals surface area (Å²) in [5, 5.41) is 2.93. The Labute approximate surface area is 165 Å². The van der Waals surface area contributed by atoms with Crippen LogP contribution < -0.4 is 20.5 Å². The molecule has 1 saturated heterocycles. The average molecular weight is 484 g/mol. The Morgan fingerprint density at radius 2 is 2.04 bits per heavy atom. The first-order valence-electron chi connectivity index (χ1n) is 7.69. The van der Waals surface area contributed by atoms with Gasteiger partial charge in [-0.3, -0.25) is 0 Å². The van der Waals surface area contributed by atoms with Crippen molar-refractivity contribution in [3.05, 3.63) is 23.8 Å². The third-order valence-corrected chi connectivity index (χ3v) is 5.71. The predicted molar refractivity (Wildman–Crippen MR) is 108 cm³/mol. The van der Waals surface area contributed by atoms with Crippen molar-refractivity contribution in [2.45, 2.75) is 13.0 Å². The molecule has 0 unspecified atom stereocenters. The Kier molecular flexibility index (Phi) is 8.73. The summed E-state index contributed by atoms with van der Waals surface area (Å²) in [6.45, 7) is 1.79. The molecule has 1 aromatic rings. The minimum Gasteiger partial charge on any atom is -0.493 e. The van der Waals surface area contributed by atoms with Crippen LogP contribution in [0.25, 0.3) is 0 Å². The summed E-state index contributed by atoms with van der Waals surface area (Å²) in [6, 6.07) is 5.53. The topological polar surface area (TPSA) is 106 Å². The summed E-state index contributed by atoms with van der Waals surface area (Å²) in [6.07, 6.45) is 0.686. The fraction of sp³-hybridized carbons (Fsp3) is 0.533. The van der Waals surface area contributed by atoms with Crippen molar-refractivity contribution < 1.29 is 17.9 Å². The van der Waals surface area contributed by atoms with Crippen LogP contribution in [0.1, 0.15) is 12.0 Å². The van der Waals surface area contributed by atoms with Crippen LogP contribution in [-0.4, -0.2) is 58.3 Å². The number of guanidine groups is 1. The van der Waals surface area contributed by atoms with E-state index in [4.69, 9.17) is 15.2 Å². The minimum atomic E-state index is -3.07. The highest BCUT2D eigenvalue weighted by molar-refractivity contribution is 14.0. The Bertz CT molecular complexity index is 697. The summed E-state index contributed by atoms with van der Waals surface area (Å²) in [4.78, 5) is 4.24. The molecule has 3 N–H and O–H groups in total. The molecule has 1 aliphatic heterocycles. The van der Waals surface area contributed by atoms with Gasteiger partial charge in [-0.05, 0) is 24.1 Å². The van der Waals surface area contributed by atoms with Gasteiger partial charge >= 0.3 is 0 Å². The maximum atomic E-state index is 11.7. The Balaban J connectivity index is 0.00000312. The van der Waals surface area contributed by atoms with E-state index in [1.54, 1.807) is 14.2 Å². The molecular formula is C15H25IN4O4S. The van der Waals surface area contributed by atoms with Gasteiger partial charge in [0.1, 0.15) is 0 Å². The van der Waals surface area contributed by atoms with Crippen LogP contribution in [0, 0.1) is 0 Å². The molecule has 1 aliphatic rings. The smallest absolute Gasteiger partial charge is 0.214 e. The maximum absolute atomic E-state index is 11.7. The number of rotatable bonds is 7. The van der Waals surface area contributed by atoms with Crippen LogP contribution in [0.4, 0.5) is 0 Å². The van der Waals surface area contributed by atoms with Crippen molar-refractivity contribution in [1.29, 1.82) is 0 Å². The van der Waals surface area contributed by atoms with E-state index in [1.165, 1.54) is 4.31 Å². The van der Waals surface area contributed by atoms with Gasteiger partial charge < -0.3 is 20.5 Å². The molecule has 25 heavy (non-hydrogen) atoms. The second-order valence-electron chi connectivity index (χ2n) is 5.39. The lowest BCUT2D eigenvalue weighted by molar-refractivity contribution is 0.354. The normalized spacial score (nSPS) is 17.0. The second-order valence-corrected chi connectivity index (χ2v) is 7.47. The third kappa shape index (κ3) is 6.19. The standard InChI is InChI=1S/C15H24N4O4S.HI/c1-22-13-5-4-12(10-14(13)23-2)11-18-15(16)17-6-8-19-7-3-9-24(19,20)21;/h4-5,10H,3,6-9,11H2,1-2H3,(H3,16,17,18);1H. The summed E-state index contributed by atoms with van der Waals surface area (Å²) in [5.41, 5.74) is 6.75. The van der Waals surface area contributed by atoms with Gasteiger partial charge in [-0.2, -0.15) is 0 Å². The number of hydrogen-bond donors (Lipinski definition) is 2. The van der Waals surface area contributed by atoms with E-state index in [1.807, 2.05) is 18.2 Å². The van der Waals surface area contributed by atoms with E-state index in [0.717, 1.165) is 5.56 Å². The summed E-state index contributed by atoms with van der Waals surface area (Å²) in [5.74, 6) is 1.80. The SMILES string of the molecule is COc1ccc(CN=C(N)NCCN2CCCS2(=O)=O)cc1OC.I. The lowest BCUT2D eigenvalue weighted by Gasteiger charge is -2.14. The van der Waals surface area contributed by atoms with E-state index in [0.29, 0.717) is 44.1 Å². The Morgan fingerprint density at radius 3 is 2.64 bits per heavy atom. The maximum Gasteiger partial charge on any atom is 0.214 e. The van der Waals surface area contributed by atoms with E-state index in [9.17, 15) is 8.42 Å². The van der Waals surface area contributed by atoms with Gasteiger partial charge in [0.05, 0.1) is 26.5 Å². The number of methoxy groups -OCH3 is 2. The number of nitrogens with one attached hydrogen (secondary N) is 1. The zero-order valence-electron chi connectivity index (χ0n) is 14.4. The molecular weight excluding hydrogens is 459 g/mol. The van der Waals surface area contributed by atoms with Crippen LogP contribution in [0.15, 0.2) is 23.2 Å². The number of halogens is 1. The highest BCUT2D eigenvalue weighted by Crippen LogP contribution is 2.27. The highest BCUT2D eigenvalue weighted by Gasteiger charge is 2.27. The van der Waals surface area contributed by atoms with Crippen molar-refractivity contribution in [2.75, 3.05) is 39.6 Å². The minimum absolute atomic E-state index is 0. The van der Waals surface area contributed by atoms with Crippen LogP contribution in [0.2, 0.25) is 0 Å². The molecule has 0 saturated carbocycles. The fourth-order valence-corrected chi connectivity index (χ4v) is 3.99. The molecule has 0 spiro atoms. The van der Waals surface area contributed by atoms with Crippen LogP contribution in [0.5, 0.6) is 11.5 Å². The summed E-state index contributed by atoms with van der Waals surface area (Å²) < 4.78 is 35.3. The molecule has 1 heterocycles. The lowest BCUT2D eigenvalue weighted by atomic mass is 10.2. The lowest BCUT2D eigenvalue weighted by Crippen LogP contribution is -2.39. The molecule has 1 fully saturated rings. The van der Waals surface area contributed by atoms with Crippen molar-refractivity contribution in [1.82, 2.24) is 9.62 Å². The molecule has 0 radical (unpaired) electrons. The molecule has 142 valence electrons. The number of aliphatic imine (C=N–C) groups is 1. The monoisotopic (exact) mass is 484 g/mol. The van der Waals surface area contributed by atoms with Gasteiger partial charge in [-0.1, -0.05) is 6.07 Å². The van der Waals surface area contributed by atoms with Crippen molar-refractivity contribution >= 4 is 40.0 Å². The van der Waals surface area contributed by atoms with Gasteiger partial charge in [-0.15, -0.1) is 24.0 Å². The van der Waals surface area contributed by atoms with Gasteiger partial charge in [0.15, 0.2) is 17.5 Å². The van der Waals surface area contributed by atoms with Gasteiger partial charge in [0.25, 0.3) is 0 Å². The first-order chi connectivity index (χ1) is 11.5. The molecule has 0 aromatic heterocycles. The quantitative estimate of drug-likeness (QED) is 0.337. The predicted octanol–water partition coefficient (Wildman–Crippen LogP) is 0.762. The second kappa shape index (κ2) is 10.0. The molecule has 1 aromatic carbocycles. The van der Waals surface area contributed by atoms with E-state index >= 15 is 0 Å². The molecule has 0 bridgehead atoms. The average Bonchev–Trinajstić information content (AvgIpc) is 2.91. The van der Waals surface area contributed by atoms with Crippen molar-refractivity contribution in [3.63, 3.8) is 0 Å². The number of ether oxygens (including phenoxy) is 2. The molecule has 0 aliphatic carbocycles.